The standard InChI is InChI=1S/C18H29N3/c1-7-21(17-10-8-9-15(4)11-17)16(5)12-18(6,13-19)20-14(2)3/h8-11,14,16,20H,7,12H2,1-6H3. The van der Waals surface area contributed by atoms with E-state index in [4.69, 9.17) is 0 Å². The molecule has 1 rings (SSSR count). The van der Waals surface area contributed by atoms with E-state index in [1.54, 1.807) is 0 Å². The second-order valence-corrected chi connectivity index (χ2v) is 6.42. The highest BCUT2D eigenvalue weighted by Crippen LogP contribution is 2.23. The molecule has 0 aliphatic carbocycles. The van der Waals surface area contributed by atoms with Gasteiger partial charge < -0.3 is 4.90 Å². The van der Waals surface area contributed by atoms with Crippen LogP contribution in [0.5, 0.6) is 0 Å². The molecule has 21 heavy (non-hydrogen) atoms. The zero-order valence-corrected chi connectivity index (χ0v) is 14.3. The van der Waals surface area contributed by atoms with E-state index in [1.807, 2.05) is 6.92 Å². The molecule has 1 N–H and O–H groups in total. The van der Waals surface area contributed by atoms with E-state index in [9.17, 15) is 5.26 Å². The molecule has 0 radical (unpaired) electrons. The van der Waals surface area contributed by atoms with Crippen molar-refractivity contribution < 1.29 is 0 Å². The number of nitrogens with one attached hydrogen (secondary N) is 1. The number of hydrogen-bond acceptors (Lipinski definition) is 3. The van der Waals surface area contributed by atoms with Gasteiger partial charge in [-0.15, -0.1) is 0 Å². The molecule has 0 fully saturated rings. The molecule has 0 bridgehead atoms. The van der Waals surface area contributed by atoms with Crippen LogP contribution in [0.3, 0.4) is 0 Å². The SMILES string of the molecule is CCN(c1cccc(C)c1)C(C)CC(C)(C#N)NC(C)C. The van der Waals surface area contributed by atoms with Crippen LogP contribution in [0.1, 0.15) is 46.6 Å². The van der Waals surface area contributed by atoms with Gasteiger partial charge in [0.25, 0.3) is 0 Å². The van der Waals surface area contributed by atoms with Gasteiger partial charge in [-0.2, -0.15) is 5.26 Å². The number of nitriles is 1. The minimum absolute atomic E-state index is 0.299. The van der Waals surface area contributed by atoms with E-state index in [0.717, 1.165) is 13.0 Å². The molecule has 0 spiro atoms. The number of nitrogens with zero attached hydrogens (tertiary/aromatic N) is 2. The monoisotopic (exact) mass is 287 g/mol. The van der Waals surface area contributed by atoms with Gasteiger partial charge in [0.2, 0.25) is 0 Å². The number of benzene rings is 1. The molecule has 0 aliphatic rings. The number of anilines is 1. The maximum absolute atomic E-state index is 9.52. The molecule has 2 unspecified atom stereocenters. The van der Waals surface area contributed by atoms with Crippen LogP contribution in [0, 0.1) is 18.3 Å². The Morgan fingerprint density at radius 2 is 2.00 bits per heavy atom. The summed E-state index contributed by atoms with van der Waals surface area (Å²) in [5.74, 6) is 0. The molecule has 0 aromatic heterocycles. The van der Waals surface area contributed by atoms with Gasteiger partial charge in [-0.25, -0.2) is 0 Å². The molecule has 1 aromatic carbocycles. The third-order valence-corrected chi connectivity index (χ3v) is 3.76. The van der Waals surface area contributed by atoms with Crippen LogP contribution in [-0.2, 0) is 0 Å². The van der Waals surface area contributed by atoms with E-state index in [2.05, 4.69) is 75.2 Å². The minimum atomic E-state index is -0.495. The largest absolute Gasteiger partial charge is 0.369 e. The summed E-state index contributed by atoms with van der Waals surface area (Å²) < 4.78 is 0. The zero-order chi connectivity index (χ0) is 16.0. The average molecular weight is 287 g/mol. The van der Waals surface area contributed by atoms with Crippen LogP contribution in [-0.4, -0.2) is 24.2 Å². The Bertz CT molecular complexity index is 489. The van der Waals surface area contributed by atoms with Gasteiger partial charge in [0, 0.05) is 24.3 Å². The number of aryl methyl sites for hydroxylation is 1. The smallest absolute Gasteiger partial charge is 0.106 e. The first-order chi connectivity index (χ1) is 9.81. The topological polar surface area (TPSA) is 39.1 Å². The van der Waals surface area contributed by atoms with E-state index in [1.165, 1.54) is 11.3 Å². The summed E-state index contributed by atoms with van der Waals surface area (Å²) in [6, 6.07) is 11.6. The van der Waals surface area contributed by atoms with Crippen LogP contribution in [0.2, 0.25) is 0 Å². The zero-order valence-electron chi connectivity index (χ0n) is 14.3. The third-order valence-electron chi connectivity index (χ3n) is 3.76. The lowest BCUT2D eigenvalue weighted by atomic mass is 9.93. The molecule has 3 nitrogen and oxygen atoms in total. The molecule has 0 amide bonds. The Kier molecular flexibility index (Phi) is 6.23. The summed E-state index contributed by atoms with van der Waals surface area (Å²) in [6.45, 7) is 13.6. The predicted octanol–water partition coefficient (Wildman–Crippen LogP) is 3.88. The lowest BCUT2D eigenvalue weighted by molar-refractivity contribution is 0.355. The molecular weight excluding hydrogens is 258 g/mol. The summed E-state index contributed by atoms with van der Waals surface area (Å²) in [7, 11) is 0. The lowest BCUT2D eigenvalue weighted by Crippen LogP contribution is -2.49. The highest BCUT2D eigenvalue weighted by atomic mass is 15.2. The van der Waals surface area contributed by atoms with Crippen molar-refractivity contribution in [2.45, 2.75) is 65.6 Å². The van der Waals surface area contributed by atoms with Gasteiger partial charge in [0.15, 0.2) is 0 Å². The van der Waals surface area contributed by atoms with Crippen molar-refractivity contribution in [2.24, 2.45) is 0 Å². The summed E-state index contributed by atoms with van der Waals surface area (Å²) in [4.78, 5) is 2.37. The van der Waals surface area contributed by atoms with Crippen LogP contribution in [0.25, 0.3) is 0 Å². The summed E-state index contributed by atoms with van der Waals surface area (Å²) in [5, 5.41) is 12.9. The van der Waals surface area contributed by atoms with Crippen molar-refractivity contribution in [1.82, 2.24) is 5.32 Å². The molecular formula is C18H29N3. The van der Waals surface area contributed by atoms with Crippen LogP contribution < -0.4 is 10.2 Å². The van der Waals surface area contributed by atoms with Gasteiger partial charge in [-0.1, -0.05) is 12.1 Å². The highest BCUT2D eigenvalue weighted by Gasteiger charge is 2.29. The van der Waals surface area contributed by atoms with Gasteiger partial charge in [0.1, 0.15) is 5.54 Å². The van der Waals surface area contributed by atoms with Crippen molar-refractivity contribution in [2.75, 3.05) is 11.4 Å². The molecule has 3 heteroatoms. The highest BCUT2D eigenvalue weighted by molar-refractivity contribution is 5.49. The summed E-state index contributed by atoms with van der Waals surface area (Å²) in [6.07, 6.45) is 0.795. The van der Waals surface area contributed by atoms with E-state index in [0.29, 0.717) is 12.1 Å². The van der Waals surface area contributed by atoms with Gasteiger partial charge in [-0.3, -0.25) is 5.32 Å². The molecule has 116 valence electrons. The first kappa shape index (κ1) is 17.5. The van der Waals surface area contributed by atoms with Gasteiger partial charge in [0.05, 0.1) is 6.07 Å². The Hall–Kier alpha value is -1.53. The van der Waals surface area contributed by atoms with Crippen molar-refractivity contribution in [3.63, 3.8) is 0 Å². The predicted molar refractivity (Wildman–Crippen MR) is 90.6 cm³/mol. The van der Waals surface area contributed by atoms with Crippen molar-refractivity contribution in [1.29, 1.82) is 5.26 Å². The molecule has 0 saturated carbocycles. The Morgan fingerprint density at radius 3 is 2.48 bits per heavy atom. The Labute approximate surface area is 130 Å². The first-order valence-corrected chi connectivity index (χ1v) is 7.83. The van der Waals surface area contributed by atoms with E-state index < -0.39 is 5.54 Å². The van der Waals surface area contributed by atoms with Crippen LogP contribution >= 0.6 is 0 Å². The van der Waals surface area contributed by atoms with Crippen molar-refractivity contribution >= 4 is 5.69 Å². The normalized spacial score (nSPS) is 15.3. The van der Waals surface area contributed by atoms with Crippen molar-refractivity contribution in [3.8, 4) is 6.07 Å². The van der Waals surface area contributed by atoms with Crippen molar-refractivity contribution in [3.05, 3.63) is 29.8 Å². The summed E-state index contributed by atoms with van der Waals surface area (Å²) >= 11 is 0. The molecule has 0 aliphatic heterocycles. The molecule has 2 atom stereocenters. The molecule has 0 heterocycles. The van der Waals surface area contributed by atoms with Gasteiger partial charge in [-0.05, 0) is 65.7 Å². The fraction of sp³-hybridized carbons (Fsp3) is 0.611. The Balaban J connectivity index is 2.89. The van der Waals surface area contributed by atoms with Gasteiger partial charge >= 0.3 is 0 Å². The average Bonchev–Trinajstić information content (AvgIpc) is 2.38. The van der Waals surface area contributed by atoms with Crippen LogP contribution in [0.4, 0.5) is 5.69 Å². The fourth-order valence-electron chi connectivity index (χ4n) is 3.03. The second-order valence-electron chi connectivity index (χ2n) is 6.42. The second kappa shape index (κ2) is 7.47. The molecule has 0 saturated heterocycles. The molecule has 1 aromatic rings. The maximum Gasteiger partial charge on any atom is 0.106 e. The minimum Gasteiger partial charge on any atom is -0.369 e. The Morgan fingerprint density at radius 1 is 1.33 bits per heavy atom. The van der Waals surface area contributed by atoms with E-state index >= 15 is 0 Å². The lowest BCUT2D eigenvalue weighted by Gasteiger charge is -2.36. The van der Waals surface area contributed by atoms with E-state index in [-0.39, 0.29) is 0 Å². The number of hydrogen-bond donors (Lipinski definition) is 1. The maximum atomic E-state index is 9.52. The first-order valence-electron chi connectivity index (χ1n) is 7.83. The fourth-order valence-corrected chi connectivity index (χ4v) is 3.03. The quantitative estimate of drug-likeness (QED) is 0.827. The number of rotatable bonds is 7. The third kappa shape index (κ3) is 5.06. The summed E-state index contributed by atoms with van der Waals surface area (Å²) in [5.41, 5.74) is 2.00. The van der Waals surface area contributed by atoms with Crippen LogP contribution in [0.15, 0.2) is 24.3 Å².